The SMILES string of the molecule is CC.CCOC(=O)CSc1nc2sc3c(c2c(=O)n1-c1cccc(F)c1)C(C)CCC3. The minimum Gasteiger partial charge on any atom is -0.465 e. The first-order valence-electron chi connectivity index (χ1n) is 10.6. The third kappa shape index (κ3) is 4.85. The second kappa shape index (κ2) is 10.4. The number of aromatic nitrogens is 2. The van der Waals surface area contributed by atoms with E-state index >= 15 is 0 Å². The van der Waals surface area contributed by atoms with Gasteiger partial charge in [0.2, 0.25) is 0 Å². The van der Waals surface area contributed by atoms with Crippen molar-refractivity contribution in [1.82, 2.24) is 9.55 Å². The Labute approximate surface area is 189 Å². The van der Waals surface area contributed by atoms with E-state index in [1.165, 1.54) is 21.6 Å². The van der Waals surface area contributed by atoms with Gasteiger partial charge in [-0.3, -0.25) is 14.2 Å². The van der Waals surface area contributed by atoms with Crippen molar-refractivity contribution in [3.8, 4) is 5.69 Å². The molecule has 1 unspecified atom stereocenters. The molecule has 0 radical (unpaired) electrons. The fourth-order valence-corrected chi connectivity index (χ4v) is 5.97. The number of aryl methyl sites for hydroxylation is 1. The van der Waals surface area contributed by atoms with Crippen LogP contribution in [0, 0.1) is 5.82 Å². The van der Waals surface area contributed by atoms with Gasteiger partial charge in [0.15, 0.2) is 5.16 Å². The number of hydrogen-bond acceptors (Lipinski definition) is 6. The van der Waals surface area contributed by atoms with Crippen LogP contribution < -0.4 is 5.56 Å². The topological polar surface area (TPSA) is 61.2 Å². The van der Waals surface area contributed by atoms with Gasteiger partial charge in [-0.1, -0.05) is 38.6 Å². The molecule has 0 bridgehead atoms. The largest absolute Gasteiger partial charge is 0.465 e. The van der Waals surface area contributed by atoms with Crippen LogP contribution in [0.2, 0.25) is 0 Å². The van der Waals surface area contributed by atoms with Crippen molar-refractivity contribution in [2.24, 2.45) is 0 Å². The van der Waals surface area contributed by atoms with Crippen molar-refractivity contribution in [1.29, 1.82) is 0 Å². The fourth-order valence-electron chi connectivity index (χ4n) is 3.78. The van der Waals surface area contributed by atoms with E-state index in [0.29, 0.717) is 27.0 Å². The monoisotopic (exact) mass is 462 g/mol. The highest BCUT2D eigenvalue weighted by atomic mass is 32.2. The summed E-state index contributed by atoms with van der Waals surface area (Å²) in [4.78, 5) is 32.1. The Hall–Kier alpha value is -2.19. The van der Waals surface area contributed by atoms with Crippen LogP contribution in [0.25, 0.3) is 15.9 Å². The second-order valence-corrected chi connectivity index (χ2v) is 9.05. The summed E-state index contributed by atoms with van der Waals surface area (Å²) in [6.07, 6.45) is 3.09. The lowest BCUT2D eigenvalue weighted by molar-refractivity contribution is -0.139. The van der Waals surface area contributed by atoms with Crippen molar-refractivity contribution in [3.63, 3.8) is 0 Å². The first kappa shape index (κ1) is 23.5. The van der Waals surface area contributed by atoms with E-state index in [4.69, 9.17) is 9.72 Å². The standard InChI is InChI=1S/C21H21FN2O3S2.C2H6/c1-3-27-16(25)11-28-21-23-19-18(17-12(2)6-4-9-15(17)29-19)20(26)24(21)14-8-5-7-13(22)10-14;1-2/h5,7-8,10,12H,3-4,6,9,11H2,1-2H3;1-2H3. The van der Waals surface area contributed by atoms with Crippen LogP contribution in [0.1, 0.15) is 56.9 Å². The zero-order valence-electron chi connectivity index (χ0n) is 18.2. The number of thioether (sulfide) groups is 1. The molecule has 4 rings (SSSR count). The molecule has 1 aliphatic carbocycles. The van der Waals surface area contributed by atoms with Gasteiger partial charge in [0, 0.05) is 4.88 Å². The number of rotatable bonds is 5. The van der Waals surface area contributed by atoms with Crippen molar-refractivity contribution >= 4 is 39.3 Å². The average Bonchev–Trinajstić information content (AvgIpc) is 3.14. The normalized spacial score (nSPS) is 15.2. The number of thiophene rings is 1. The molecule has 1 aliphatic rings. The summed E-state index contributed by atoms with van der Waals surface area (Å²) in [5.41, 5.74) is 1.28. The molecule has 2 heterocycles. The molecule has 5 nitrogen and oxygen atoms in total. The van der Waals surface area contributed by atoms with Gasteiger partial charge in [-0.15, -0.1) is 11.3 Å². The predicted molar refractivity (Wildman–Crippen MR) is 125 cm³/mol. The zero-order valence-corrected chi connectivity index (χ0v) is 19.9. The summed E-state index contributed by atoms with van der Waals surface area (Å²) in [5.74, 6) is -0.489. The lowest BCUT2D eigenvalue weighted by atomic mass is 9.88. The second-order valence-electron chi connectivity index (χ2n) is 7.02. The van der Waals surface area contributed by atoms with Crippen LogP contribution in [0.5, 0.6) is 0 Å². The number of carbonyl (C=O) groups is 1. The van der Waals surface area contributed by atoms with Gasteiger partial charge in [0.25, 0.3) is 5.56 Å². The molecule has 1 atom stereocenters. The van der Waals surface area contributed by atoms with E-state index in [9.17, 15) is 14.0 Å². The van der Waals surface area contributed by atoms with E-state index < -0.39 is 5.82 Å². The highest BCUT2D eigenvalue weighted by Gasteiger charge is 2.27. The first-order chi connectivity index (χ1) is 15.0. The number of halogens is 1. The van der Waals surface area contributed by atoms with Crippen molar-refractivity contribution < 1.29 is 13.9 Å². The molecule has 2 aromatic heterocycles. The van der Waals surface area contributed by atoms with E-state index in [1.807, 2.05) is 13.8 Å². The van der Waals surface area contributed by atoms with Crippen LogP contribution >= 0.6 is 23.1 Å². The van der Waals surface area contributed by atoms with E-state index in [1.54, 1.807) is 30.4 Å². The van der Waals surface area contributed by atoms with Gasteiger partial charge < -0.3 is 4.74 Å². The third-order valence-electron chi connectivity index (χ3n) is 5.03. The summed E-state index contributed by atoms with van der Waals surface area (Å²) >= 11 is 2.69. The van der Waals surface area contributed by atoms with Crippen LogP contribution in [-0.2, 0) is 16.0 Å². The number of benzene rings is 1. The Balaban J connectivity index is 0.00000132. The lowest BCUT2D eigenvalue weighted by Crippen LogP contribution is -2.23. The van der Waals surface area contributed by atoms with E-state index in [-0.39, 0.29) is 23.9 Å². The Kier molecular flexibility index (Phi) is 7.89. The first-order valence-corrected chi connectivity index (χ1v) is 12.4. The summed E-state index contributed by atoms with van der Waals surface area (Å²) < 4.78 is 20.3. The molecule has 31 heavy (non-hydrogen) atoms. The summed E-state index contributed by atoms with van der Waals surface area (Å²) in [5, 5.41) is 0.995. The molecule has 0 fully saturated rings. The predicted octanol–water partition coefficient (Wildman–Crippen LogP) is 5.71. The van der Waals surface area contributed by atoms with Gasteiger partial charge >= 0.3 is 5.97 Å². The maximum absolute atomic E-state index is 13.9. The Bertz CT molecular complexity index is 1140. The zero-order chi connectivity index (χ0) is 22.5. The summed E-state index contributed by atoms with van der Waals surface area (Å²) in [6, 6.07) is 5.88. The lowest BCUT2D eigenvalue weighted by Gasteiger charge is -2.19. The van der Waals surface area contributed by atoms with E-state index in [0.717, 1.165) is 36.6 Å². The van der Waals surface area contributed by atoms with Gasteiger partial charge in [-0.05, 0) is 55.9 Å². The van der Waals surface area contributed by atoms with Crippen molar-refractivity contribution in [3.05, 3.63) is 50.9 Å². The molecule has 3 aromatic rings. The number of fused-ring (bicyclic) bond motifs is 3. The fraction of sp³-hybridized carbons (Fsp3) is 0.435. The smallest absolute Gasteiger partial charge is 0.316 e. The molecule has 0 aliphatic heterocycles. The van der Waals surface area contributed by atoms with Crippen molar-refractivity contribution in [2.45, 2.75) is 58.0 Å². The molecular weight excluding hydrogens is 435 g/mol. The Morgan fingerprint density at radius 3 is 2.87 bits per heavy atom. The average molecular weight is 463 g/mol. The van der Waals surface area contributed by atoms with Gasteiger partial charge in [0.1, 0.15) is 10.6 Å². The van der Waals surface area contributed by atoms with Crippen LogP contribution in [-0.4, -0.2) is 27.9 Å². The number of esters is 1. The van der Waals surface area contributed by atoms with Crippen LogP contribution in [0.4, 0.5) is 4.39 Å². The number of carbonyl (C=O) groups excluding carboxylic acids is 1. The minimum absolute atomic E-state index is 0.0304. The molecule has 0 saturated carbocycles. The minimum atomic E-state index is -0.434. The molecule has 0 N–H and O–H groups in total. The number of nitrogens with zero attached hydrogens (tertiary/aromatic N) is 2. The molecular formula is C23H27FN2O3S2. The number of hydrogen-bond donors (Lipinski definition) is 0. The van der Waals surface area contributed by atoms with Gasteiger partial charge in [0.05, 0.1) is 23.4 Å². The van der Waals surface area contributed by atoms with E-state index in [2.05, 4.69) is 6.92 Å². The summed E-state index contributed by atoms with van der Waals surface area (Å²) in [6.45, 7) is 8.17. The molecule has 0 saturated heterocycles. The third-order valence-corrected chi connectivity index (χ3v) is 7.10. The Morgan fingerprint density at radius 1 is 1.39 bits per heavy atom. The highest BCUT2D eigenvalue weighted by Crippen LogP contribution is 2.40. The maximum Gasteiger partial charge on any atom is 0.316 e. The molecule has 0 amide bonds. The highest BCUT2D eigenvalue weighted by molar-refractivity contribution is 7.99. The molecule has 1 aromatic carbocycles. The quantitative estimate of drug-likeness (QED) is 0.276. The number of ether oxygens (including phenoxy) is 1. The van der Waals surface area contributed by atoms with Gasteiger partial charge in [-0.25, -0.2) is 9.37 Å². The van der Waals surface area contributed by atoms with Gasteiger partial charge in [-0.2, -0.15) is 0 Å². The van der Waals surface area contributed by atoms with Crippen LogP contribution in [0.3, 0.4) is 0 Å². The van der Waals surface area contributed by atoms with Crippen molar-refractivity contribution in [2.75, 3.05) is 12.4 Å². The molecule has 8 heteroatoms. The van der Waals surface area contributed by atoms with Crippen LogP contribution in [0.15, 0.2) is 34.2 Å². The Morgan fingerprint density at radius 2 is 2.16 bits per heavy atom. The maximum atomic E-state index is 13.9. The molecule has 166 valence electrons. The molecule has 0 spiro atoms. The summed E-state index contributed by atoms with van der Waals surface area (Å²) in [7, 11) is 0.